The first-order valence-electron chi connectivity index (χ1n) is 34.9. The number of amides is 1. The lowest BCUT2D eigenvalue weighted by atomic mass is 10.0. The van der Waals surface area contributed by atoms with Crippen LogP contribution in [0, 0.1) is 0 Å². The van der Waals surface area contributed by atoms with Crippen LogP contribution in [0.3, 0.4) is 0 Å². The minimum atomic E-state index is -0.658. The van der Waals surface area contributed by atoms with Crippen molar-refractivity contribution >= 4 is 11.9 Å². The molecule has 0 saturated heterocycles. The highest BCUT2D eigenvalue weighted by molar-refractivity contribution is 5.76. The predicted molar refractivity (Wildman–Crippen MR) is 333 cm³/mol. The summed E-state index contributed by atoms with van der Waals surface area (Å²) in [5.41, 5.74) is 0. The van der Waals surface area contributed by atoms with Crippen molar-refractivity contribution in [2.24, 2.45) is 0 Å². The summed E-state index contributed by atoms with van der Waals surface area (Å²) in [6.45, 7) is 4.97. The van der Waals surface area contributed by atoms with E-state index in [2.05, 4.69) is 31.3 Å². The quantitative estimate of drug-likeness (QED) is 0.0320. The van der Waals surface area contributed by atoms with Crippen LogP contribution in [0.1, 0.15) is 399 Å². The fourth-order valence-corrected chi connectivity index (χ4v) is 11.2. The minimum Gasteiger partial charge on any atom is -0.466 e. The summed E-state index contributed by atoms with van der Waals surface area (Å²) in [4.78, 5) is 24.5. The highest BCUT2D eigenvalue weighted by Gasteiger charge is 2.20. The molecule has 2 atom stereocenters. The highest BCUT2D eigenvalue weighted by atomic mass is 16.5. The third-order valence-corrected chi connectivity index (χ3v) is 16.6. The normalized spacial score (nSPS) is 12.5. The Hall–Kier alpha value is -1.40. The number of rotatable bonds is 66. The molecule has 0 aliphatic carbocycles. The molecular weight excluding hydrogens is 935 g/mol. The lowest BCUT2D eigenvalue weighted by Gasteiger charge is -2.22. The number of aliphatic hydroxyl groups excluding tert-OH is 2. The number of nitrogens with one attached hydrogen (secondary N) is 1. The fourth-order valence-electron chi connectivity index (χ4n) is 11.2. The monoisotopic (exact) mass is 1070 g/mol. The van der Waals surface area contributed by atoms with E-state index in [4.69, 9.17) is 4.74 Å². The smallest absolute Gasteiger partial charge is 0.305 e. The molecule has 6 nitrogen and oxygen atoms in total. The molecule has 0 saturated carbocycles. The zero-order chi connectivity index (χ0) is 55.0. The predicted octanol–water partition coefficient (Wildman–Crippen LogP) is 22.4. The van der Waals surface area contributed by atoms with E-state index in [9.17, 15) is 19.8 Å². The number of carbonyl (C=O) groups excluding carboxylic acids is 2. The molecule has 2 unspecified atom stereocenters. The average Bonchev–Trinajstić information content (AvgIpc) is 3.42. The molecule has 452 valence electrons. The van der Waals surface area contributed by atoms with Crippen molar-refractivity contribution in [3.8, 4) is 0 Å². The van der Waals surface area contributed by atoms with Crippen LogP contribution < -0.4 is 5.32 Å². The molecule has 0 aromatic heterocycles. The van der Waals surface area contributed by atoms with Gasteiger partial charge in [-0.25, -0.2) is 0 Å². The minimum absolute atomic E-state index is 0.0186. The molecule has 0 aromatic carbocycles. The van der Waals surface area contributed by atoms with Crippen LogP contribution in [0.2, 0.25) is 0 Å². The SMILES string of the molecule is CCCCCCCC/C=C\CCCCCCCCCC(=O)OCCCCCCCCCCCCCCCCCCCCCCCCCCCCCCCCCCC(=O)NC(CO)C(O)CCCCCCCCCCCC. The third-order valence-electron chi connectivity index (χ3n) is 16.6. The van der Waals surface area contributed by atoms with Crippen molar-refractivity contribution in [2.45, 2.75) is 411 Å². The summed E-state index contributed by atoms with van der Waals surface area (Å²) >= 11 is 0. The zero-order valence-corrected chi connectivity index (χ0v) is 51.8. The topological polar surface area (TPSA) is 95.9 Å². The van der Waals surface area contributed by atoms with Gasteiger partial charge in [0.15, 0.2) is 0 Å². The van der Waals surface area contributed by atoms with Crippen LogP contribution in [0.4, 0.5) is 0 Å². The molecule has 0 aliphatic heterocycles. The Bertz CT molecular complexity index is 1140. The first-order valence-corrected chi connectivity index (χ1v) is 34.9. The van der Waals surface area contributed by atoms with Crippen LogP contribution in [0.15, 0.2) is 12.2 Å². The van der Waals surface area contributed by atoms with E-state index in [1.807, 2.05) is 0 Å². The van der Waals surface area contributed by atoms with Crippen molar-refractivity contribution in [2.75, 3.05) is 13.2 Å². The van der Waals surface area contributed by atoms with Crippen molar-refractivity contribution < 1.29 is 24.5 Å². The average molecular weight is 1070 g/mol. The molecule has 0 spiro atoms. The van der Waals surface area contributed by atoms with Gasteiger partial charge in [-0.2, -0.15) is 0 Å². The second kappa shape index (κ2) is 66.1. The molecule has 0 bridgehead atoms. The molecule has 0 fully saturated rings. The number of hydrogen-bond acceptors (Lipinski definition) is 5. The number of esters is 1. The molecule has 76 heavy (non-hydrogen) atoms. The standard InChI is InChI=1S/C70H137NO5/c1-3-5-7-9-11-13-15-16-17-34-38-41-44-48-52-56-60-64-70(75)76-65-61-57-53-49-45-42-39-36-33-31-29-27-25-23-21-19-18-20-22-24-26-28-30-32-35-37-40-43-47-51-55-59-63-69(74)71-67(66-72)68(73)62-58-54-50-46-14-12-10-8-6-4-2/h16-17,67-68,72-73H,3-15,18-66H2,1-2H3,(H,71,74)/b17-16-. The summed E-state index contributed by atoms with van der Waals surface area (Å²) in [6, 6.07) is -0.535. The Labute approximate surface area is 476 Å². The van der Waals surface area contributed by atoms with E-state index in [1.54, 1.807) is 0 Å². The summed E-state index contributed by atoms with van der Waals surface area (Å²) in [6.07, 6.45) is 81.3. The number of ether oxygens (including phenoxy) is 1. The molecule has 0 heterocycles. The lowest BCUT2D eigenvalue weighted by molar-refractivity contribution is -0.143. The van der Waals surface area contributed by atoms with E-state index in [0.717, 1.165) is 38.5 Å². The van der Waals surface area contributed by atoms with Crippen LogP contribution in [-0.4, -0.2) is 47.4 Å². The van der Waals surface area contributed by atoms with Gasteiger partial charge in [-0.05, 0) is 51.4 Å². The van der Waals surface area contributed by atoms with Gasteiger partial charge in [-0.1, -0.05) is 347 Å². The maximum Gasteiger partial charge on any atom is 0.305 e. The Morgan fingerprint density at radius 2 is 0.618 bits per heavy atom. The second-order valence-electron chi connectivity index (χ2n) is 24.2. The van der Waals surface area contributed by atoms with E-state index >= 15 is 0 Å². The molecular formula is C70H137NO5. The molecule has 1 amide bonds. The number of unbranched alkanes of at least 4 members (excludes halogenated alkanes) is 53. The van der Waals surface area contributed by atoms with Gasteiger partial charge in [-0.3, -0.25) is 9.59 Å². The fraction of sp³-hybridized carbons (Fsp3) is 0.943. The Balaban J connectivity index is 3.28. The first-order chi connectivity index (χ1) is 37.5. The van der Waals surface area contributed by atoms with Gasteiger partial charge in [0, 0.05) is 12.8 Å². The number of hydrogen-bond donors (Lipinski definition) is 3. The van der Waals surface area contributed by atoms with Crippen molar-refractivity contribution in [3.63, 3.8) is 0 Å². The highest BCUT2D eigenvalue weighted by Crippen LogP contribution is 2.19. The maximum atomic E-state index is 12.4. The summed E-state index contributed by atoms with van der Waals surface area (Å²) in [5, 5.41) is 23.2. The van der Waals surface area contributed by atoms with Gasteiger partial charge >= 0.3 is 5.97 Å². The molecule has 3 N–H and O–H groups in total. The molecule has 0 radical (unpaired) electrons. The number of allylic oxidation sites excluding steroid dienone is 2. The molecule has 0 aromatic rings. The van der Waals surface area contributed by atoms with Crippen LogP contribution in [-0.2, 0) is 14.3 Å². The van der Waals surface area contributed by atoms with Crippen LogP contribution >= 0.6 is 0 Å². The van der Waals surface area contributed by atoms with Gasteiger partial charge in [0.05, 0.1) is 25.4 Å². The summed E-state index contributed by atoms with van der Waals surface area (Å²) in [5.74, 6) is -0.0113. The van der Waals surface area contributed by atoms with Gasteiger partial charge in [0.25, 0.3) is 0 Å². The van der Waals surface area contributed by atoms with E-state index in [1.165, 1.54) is 327 Å². The number of aliphatic hydroxyl groups is 2. The second-order valence-corrected chi connectivity index (χ2v) is 24.2. The molecule has 0 rings (SSSR count). The van der Waals surface area contributed by atoms with Crippen LogP contribution in [0.25, 0.3) is 0 Å². The number of carbonyl (C=O) groups is 2. The van der Waals surface area contributed by atoms with E-state index in [-0.39, 0.29) is 18.5 Å². The Kier molecular flexibility index (Phi) is 64.9. The Morgan fingerprint density at radius 3 is 0.934 bits per heavy atom. The van der Waals surface area contributed by atoms with Gasteiger partial charge in [-0.15, -0.1) is 0 Å². The van der Waals surface area contributed by atoms with E-state index in [0.29, 0.717) is 25.9 Å². The summed E-state index contributed by atoms with van der Waals surface area (Å²) in [7, 11) is 0. The molecule has 6 heteroatoms. The van der Waals surface area contributed by atoms with Gasteiger partial charge in [0.2, 0.25) is 5.91 Å². The first kappa shape index (κ1) is 74.6. The largest absolute Gasteiger partial charge is 0.466 e. The third kappa shape index (κ3) is 61.8. The van der Waals surface area contributed by atoms with Gasteiger partial charge < -0.3 is 20.3 Å². The lowest BCUT2D eigenvalue weighted by Crippen LogP contribution is -2.45. The van der Waals surface area contributed by atoms with Gasteiger partial charge in [0.1, 0.15) is 0 Å². The zero-order valence-electron chi connectivity index (χ0n) is 51.8. The van der Waals surface area contributed by atoms with E-state index < -0.39 is 12.1 Å². The maximum absolute atomic E-state index is 12.4. The Morgan fingerprint density at radius 1 is 0.355 bits per heavy atom. The molecule has 0 aliphatic rings. The van der Waals surface area contributed by atoms with Crippen molar-refractivity contribution in [1.29, 1.82) is 0 Å². The van der Waals surface area contributed by atoms with Crippen molar-refractivity contribution in [3.05, 3.63) is 12.2 Å². The van der Waals surface area contributed by atoms with Crippen molar-refractivity contribution in [1.82, 2.24) is 5.32 Å². The van der Waals surface area contributed by atoms with Crippen LogP contribution in [0.5, 0.6) is 0 Å². The summed E-state index contributed by atoms with van der Waals surface area (Å²) < 4.78 is 5.50.